The molecule has 0 aliphatic carbocycles. The second-order valence-corrected chi connectivity index (χ2v) is 2.24. The lowest BCUT2D eigenvalue weighted by Gasteiger charge is -2.07. The number of benzene rings is 1. The van der Waals surface area contributed by atoms with Crippen molar-refractivity contribution >= 4 is 17.0 Å². The number of methoxy groups -OCH3 is 1. The van der Waals surface area contributed by atoms with Crippen LogP contribution in [0, 0.1) is 5.82 Å². The van der Waals surface area contributed by atoms with Gasteiger partial charge >= 0.3 is 0 Å². The first-order valence-electron chi connectivity index (χ1n) is 3.42. The molecule has 0 unspecified atom stereocenters. The Balaban J connectivity index is 0.00000144. The van der Waals surface area contributed by atoms with E-state index in [9.17, 15) is 4.39 Å². The van der Waals surface area contributed by atoms with E-state index in [2.05, 4.69) is 4.84 Å². The zero-order chi connectivity index (χ0) is 8.97. The van der Waals surface area contributed by atoms with Crippen LogP contribution in [0.4, 0.5) is 4.39 Å². The summed E-state index contributed by atoms with van der Waals surface area (Å²) >= 11 is 0. The molecule has 0 radical (unpaired) electrons. The molecule has 0 bridgehead atoms. The SMILES string of the molecule is Br.COc1c(F)cccc1CON. The zero-order valence-corrected chi connectivity index (χ0v) is 8.83. The van der Waals surface area contributed by atoms with E-state index in [-0.39, 0.29) is 29.3 Å². The molecule has 1 rings (SSSR count). The van der Waals surface area contributed by atoms with Crippen LogP contribution in [0.3, 0.4) is 0 Å². The number of halogens is 2. The molecule has 0 aliphatic heterocycles. The average Bonchev–Trinajstić information content (AvgIpc) is 2.05. The van der Waals surface area contributed by atoms with Gasteiger partial charge in [0.15, 0.2) is 11.6 Å². The van der Waals surface area contributed by atoms with E-state index in [1.807, 2.05) is 0 Å². The largest absolute Gasteiger partial charge is 0.493 e. The van der Waals surface area contributed by atoms with Gasteiger partial charge in [-0.1, -0.05) is 12.1 Å². The fourth-order valence-corrected chi connectivity index (χ4v) is 0.986. The van der Waals surface area contributed by atoms with Crippen LogP contribution in [-0.2, 0) is 11.4 Å². The van der Waals surface area contributed by atoms with Crippen molar-refractivity contribution < 1.29 is 14.0 Å². The fourth-order valence-electron chi connectivity index (χ4n) is 0.986. The summed E-state index contributed by atoms with van der Waals surface area (Å²) in [7, 11) is 1.40. The van der Waals surface area contributed by atoms with Crippen molar-refractivity contribution in [1.82, 2.24) is 0 Å². The summed E-state index contributed by atoms with van der Waals surface area (Å²) in [5.74, 6) is 4.63. The van der Waals surface area contributed by atoms with Gasteiger partial charge in [-0.25, -0.2) is 10.3 Å². The van der Waals surface area contributed by atoms with E-state index in [4.69, 9.17) is 10.6 Å². The normalized spacial score (nSPS) is 9.15. The summed E-state index contributed by atoms with van der Waals surface area (Å²) < 4.78 is 17.8. The quantitative estimate of drug-likeness (QED) is 0.834. The van der Waals surface area contributed by atoms with Crippen LogP contribution >= 0.6 is 17.0 Å². The molecule has 13 heavy (non-hydrogen) atoms. The minimum Gasteiger partial charge on any atom is -0.493 e. The molecule has 3 nitrogen and oxygen atoms in total. The van der Waals surface area contributed by atoms with Crippen molar-refractivity contribution in [3.8, 4) is 5.75 Å². The summed E-state index contributed by atoms with van der Waals surface area (Å²) in [5, 5.41) is 0. The highest BCUT2D eigenvalue weighted by atomic mass is 79.9. The Kier molecular flexibility index (Phi) is 5.61. The maximum atomic E-state index is 13.0. The van der Waals surface area contributed by atoms with E-state index in [1.54, 1.807) is 12.1 Å². The molecule has 0 saturated heterocycles. The zero-order valence-electron chi connectivity index (χ0n) is 7.12. The predicted molar refractivity (Wildman–Crippen MR) is 52.3 cm³/mol. The van der Waals surface area contributed by atoms with Gasteiger partial charge in [-0.05, 0) is 6.07 Å². The number of ether oxygens (including phenoxy) is 1. The van der Waals surface area contributed by atoms with Gasteiger partial charge in [0.2, 0.25) is 0 Å². The van der Waals surface area contributed by atoms with Crippen molar-refractivity contribution in [2.75, 3.05) is 7.11 Å². The molecular weight excluding hydrogens is 241 g/mol. The number of nitrogens with two attached hydrogens (primary N) is 1. The van der Waals surface area contributed by atoms with E-state index < -0.39 is 5.82 Å². The summed E-state index contributed by atoms with van der Waals surface area (Å²) in [4.78, 5) is 4.38. The molecule has 1 aromatic rings. The molecule has 0 spiro atoms. The minimum atomic E-state index is -0.410. The molecule has 0 saturated carbocycles. The Bertz CT molecular complexity index is 270. The summed E-state index contributed by atoms with van der Waals surface area (Å²) in [5.41, 5.74) is 0.597. The van der Waals surface area contributed by atoms with E-state index in [0.29, 0.717) is 5.56 Å². The number of rotatable bonds is 3. The highest BCUT2D eigenvalue weighted by molar-refractivity contribution is 8.93. The van der Waals surface area contributed by atoms with Gasteiger partial charge in [0.05, 0.1) is 13.7 Å². The Labute approximate surface area is 86.4 Å². The summed E-state index contributed by atoms with van der Waals surface area (Å²) in [6.07, 6.45) is 0. The van der Waals surface area contributed by atoms with Crippen molar-refractivity contribution in [1.29, 1.82) is 0 Å². The molecule has 1 aromatic carbocycles. The number of hydrogen-bond donors (Lipinski definition) is 1. The molecule has 0 fully saturated rings. The monoisotopic (exact) mass is 251 g/mol. The summed E-state index contributed by atoms with van der Waals surface area (Å²) in [6.45, 7) is 0.140. The Hall–Kier alpha value is -0.650. The fraction of sp³-hybridized carbons (Fsp3) is 0.250. The van der Waals surface area contributed by atoms with Crippen molar-refractivity contribution in [2.45, 2.75) is 6.61 Å². The molecule has 0 aliphatic rings. The third kappa shape index (κ3) is 2.95. The van der Waals surface area contributed by atoms with Crippen LogP contribution in [0.25, 0.3) is 0 Å². The van der Waals surface area contributed by atoms with Gasteiger partial charge in [0, 0.05) is 5.56 Å². The maximum Gasteiger partial charge on any atom is 0.165 e. The second kappa shape index (κ2) is 5.90. The van der Waals surface area contributed by atoms with Crippen LogP contribution in [-0.4, -0.2) is 7.11 Å². The first-order chi connectivity index (χ1) is 5.79. The standard InChI is InChI=1S/C8H10FNO2.BrH/c1-11-8-6(5-12-10)3-2-4-7(8)9;/h2-4H,5,10H2,1H3;1H. The van der Waals surface area contributed by atoms with Gasteiger partial charge in [-0.15, -0.1) is 17.0 Å². The lowest BCUT2D eigenvalue weighted by atomic mass is 10.2. The molecule has 0 heterocycles. The highest BCUT2D eigenvalue weighted by Crippen LogP contribution is 2.22. The number of hydrogen-bond acceptors (Lipinski definition) is 3. The molecule has 0 amide bonds. The topological polar surface area (TPSA) is 44.5 Å². The maximum absolute atomic E-state index is 13.0. The van der Waals surface area contributed by atoms with Gasteiger partial charge in [0.25, 0.3) is 0 Å². The smallest absolute Gasteiger partial charge is 0.165 e. The van der Waals surface area contributed by atoms with Crippen LogP contribution in [0.2, 0.25) is 0 Å². The Morgan fingerprint density at radius 3 is 2.69 bits per heavy atom. The molecule has 2 N–H and O–H groups in total. The lowest BCUT2D eigenvalue weighted by molar-refractivity contribution is 0.121. The van der Waals surface area contributed by atoms with Gasteiger partial charge in [-0.3, -0.25) is 4.84 Å². The van der Waals surface area contributed by atoms with Crippen LogP contribution in [0.15, 0.2) is 18.2 Å². The minimum absolute atomic E-state index is 0. The summed E-state index contributed by atoms with van der Waals surface area (Å²) in [6, 6.07) is 4.58. The predicted octanol–water partition coefficient (Wildman–Crippen LogP) is 1.80. The third-order valence-corrected chi connectivity index (χ3v) is 1.49. The number of para-hydroxylation sites is 1. The first kappa shape index (κ1) is 12.3. The van der Waals surface area contributed by atoms with Crippen LogP contribution < -0.4 is 10.6 Å². The van der Waals surface area contributed by atoms with E-state index in [1.165, 1.54) is 13.2 Å². The second-order valence-electron chi connectivity index (χ2n) is 2.24. The molecule has 0 aromatic heterocycles. The Morgan fingerprint density at radius 1 is 1.46 bits per heavy atom. The Morgan fingerprint density at radius 2 is 2.15 bits per heavy atom. The first-order valence-corrected chi connectivity index (χ1v) is 3.42. The average molecular weight is 252 g/mol. The van der Waals surface area contributed by atoms with Crippen molar-refractivity contribution in [3.63, 3.8) is 0 Å². The lowest BCUT2D eigenvalue weighted by Crippen LogP contribution is -2.02. The van der Waals surface area contributed by atoms with Crippen LogP contribution in [0.1, 0.15) is 5.56 Å². The molecule has 5 heteroatoms. The van der Waals surface area contributed by atoms with E-state index in [0.717, 1.165) is 0 Å². The third-order valence-electron chi connectivity index (χ3n) is 1.49. The van der Waals surface area contributed by atoms with Gasteiger partial charge in [0.1, 0.15) is 0 Å². The molecule has 74 valence electrons. The van der Waals surface area contributed by atoms with Crippen LogP contribution in [0.5, 0.6) is 5.75 Å². The van der Waals surface area contributed by atoms with Gasteiger partial charge in [-0.2, -0.15) is 0 Å². The van der Waals surface area contributed by atoms with Crippen molar-refractivity contribution in [2.24, 2.45) is 5.90 Å². The highest BCUT2D eigenvalue weighted by Gasteiger charge is 2.07. The molecule has 0 atom stereocenters. The van der Waals surface area contributed by atoms with Gasteiger partial charge < -0.3 is 4.74 Å². The van der Waals surface area contributed by atoms with Crippen molar-refractivity contribution in [3.05, 3.63) is 29.6 Å². The van der Waals surface area contributed by atoms with E-state index >= 15 is 0 Å². The molecular formula is C8H11BrFNO2.